The Morgan fingerprint density at radius 3 is 1.76 bits per heavy atom. The van der Waals surface area contributed by atoms with Crippen LogP contribution in [0.1, 0.15) is 17.5 Å². The second-order valence-corrected chi connectivity index (χ2v) is 5.47. The topological polar surface area (TPSA) is 32.3 Å². The molecule has 1 aliphatic heterocycles. The zero-order valence-electron chi connectivity index (χ0n) is 11.5. The molecule has 2 nitrogen and oxygen atoms in total. The Bertz CT molecular complexity index is 558. The Kier molecular flexibility index (Phi) is 3.74. The number of hydrogen-bond acceptors (Lipinski definition) is 2. The van der Waals surface area contributed by atoms with Crippen molar-refractivity contribution in [3.8, 4) is 0 Å². The highest BCUT2D eigenvalue weighted by atomic mass is 19.1. The van der Waals surface area contributed by atoms with E-state index in [0.29, 0.717) is 17.7 Å². The first-order chi connectivity index (χ1) is 10.1. The molecule has 0 aromatic heterocycles. The predicted molar refractivity (Wildman–Crippen MR) is 76.8 cm³/mol. The molecule has 2 N–H and O–H groups in total. The summed E-state index contributed by atoms with van der Waals surface area (Å²) in [6.45, 7) is 1.50. The van der Waals surface area contributed by atoms with Crippen molar-refractivity contribution in [2.45, 2.75) is 12.0 Å². The van der Waals surface area contributed by atoms with E-state index in [-0.39, 0.29) is 17.6 Å². The molecule has 1 heterocycles. The minimum Gasteiger partial charge on any atom is -0.380 e. The SMILES string of the molecule is OC(c1ccc(F)cc1)(c1ccc(F)cc1)C1CCNC1. The highest BCUT2D eigenvalue weighted by Gasteiger charge is 2.41. The molecule has 3 rings (SSSR count). The Morgan fingerprint density at radius 1 is 0.905 bits per heavy atom. The fourth-order valence-corrected chi connectivity index (χ4v) is 3.06. The van der Waals surface area contributed by atoms with Crippen LogP contribution in [-0.2, 0) is 5.60 Å². The summed E-state index contributed by atoms with van der Waals surface area (Å²) in [5, 5.41) is 14.6. The van der Waals surface area contributed by atoms with Crippen LogP contribution in [0.25, 0.3) is 0 Å². The summed E-state index contributed by atoms with van der Waals surface area (Å²) in [6, 6.07) is 11.7. The van der Waals surface area contributed by atoms with E-state index in [0.717, 1.165) is 13.0 Å². The lowest BCUT2D eigenvalue weighted by Gasteiger charge is -2.35. The summed E-state index contributed by atoms with van der Waals surface area (Å²) >= 11 is 0. The van der Waals surface area contributed by atoms with Gasteiger partial charge < -0.3 is 10.4 Å². The van der Waals surface area contributed by atoms with Crippen molar-refractivity contribution in [2.24, 2.45) is 5.92 Å². The van der Waals surface area contributed by atoms with Crippen LogP contribution in [0.5, 0.6) is 0 Å². The standard InChI is InChI=1S/C17H17F2NO/c18-15-5-1-12(2-6-15)17(21,14-9-10-20-11-14)13-3-7-16(19)8-4-13/h1-8,14,20-21H,9-11H2. The van der Waals surface area contributed by atoms with E-state index >= 15 is 0 Å². The minimum atomic E-state index is -1.25. The second-order valence-electron chi connectivity index (χ2n) is 5.47. The summed E-state index contributed by atoms with van der Waals surface area (Å²) in [6.07, 6.45) is 0.811. The number of halogens is 2. The first-order valence-electron chi connectivity index (χ1n) is 7.06. The number of benzene rings is 2. The molecule has 110 valence electrons. The van der Waals surface area contributed by atoms with Gasteiger partial charge in [0.15, 0.2) is 0 Å². The molecule has 0 spiro atoms. The largest absolute Gasteiger partial charge is 0.380 e. The third kappa shape index (κ3) is 2.57. The highest BCUT2D eigenvalue weighted by molar-refractivity contribution is 5.37. The maximum atomic E-state index is 13.2. The Hall–Kier alpha value is -1.78. The third-order valence-electron chi connectivity index (χ3n) is 4.22. The van der Waals surface area contributed by atoms with Gasteiger partial charge in [0.2, 0.25) is 0 Å². The fraction of sp³-hybridized carbons (Fsp3) is 0.294. The van der Waals surface area contributed by atoms with Gasteiger partial charge in [0.1, 0.15) is 17.2 Å². The zero-order valence-corrected chi connectivity index (χ0v) is 11.5. The second kappa shape index (κ2) is 5.54. The predicted octanol–water partition coefficient (Wildman–Crippen LogP) is 2.81. The van der Waals surface area contributed by atoms with Gasteiger partial charge in [-0.2, -0.15) is 0 Å². The molecular weight excluding hydrogens is 272 g/mol. The van der Waals surface area contributed by atoms with Crippen molar-refractivity contribution < 1.29 is 13.9 Å². The zero-order chi connectivity index (χ0) is 14.9. The highest BCUT2D eigenvalue weighted by Crippen LogP contribution is 2.39. The summed E-state index contributed by atoms with van der Waals surface area (Å²) in [7, 11) is 0. The average Bonchev–Trinajstić information content (AvgIpc) is 3.02. The molecule has 1 fully saturated rings. The van der Waals surface area contributed by atoms with E-state index in [1.54, 1.807) is 24.3 Å². The van der Waals surface area contributed by atoms with E-state index in [9.17, 15) is 13.9 Å². The third-order valence-corrected chi connectivity index (χ3v) is 4.22. The fourth-order valence-electron chi connectivity index (χ4n) is 3.06. The van der Waals surface area contributed by atoms with Crippen LogP contribution in [-0.4, -0.2) is 18.2 Å². The molecule has 1 aliphatic rings. The first kappa shape index (κ1) is 14.2. The first-order valence-corrected chi connectivity index (χ1v) is 7.06. The summed E-state index contributed by atoms with van der Waals surface area (Å²) in [5.41, 5.74) is 0.0127. The molecule has 1 unspecified atom stereocenters. The van der Waals surface area contributed by atoms with Crippen LogP contribution in [0, 0.1) is 17.6 Å². The molecule has 2 aromatic carbocycles. The molecule has 0 amide bonds. The van der Waals surface area contributed by atoms with Crippen LogP contribution in [0.3, 0.4) is 0 Å². The van der Waals surface area contributed by atoms with Gasteiger partial charge >= 0.3 is 0 Å². The molecule has 2 aromatic rings. The van der Waals surface area contributed by atoms with Gasteiger partial charge in [-0.3, -0.25) is 0 Å². The molecule has 1 atom stereocenters. The van der Waals surface area contributed by atoms with E-state index in [1.165, 1.54) is 24.3 Å². The maximum absolute atomic E-state index is 13.2. The van der Waals surface area contributed by atoms with E-state index in [2.05, 4.69) is 5.32 Å². The molecule has 1 saturated heterocycles. The Morgan fingerprint density at radius 2 is 1.38 bits per heavy atom. The average molecular weight is 289 g/mol. The number of hydrogen-bond donors (Lipinski definition) is 2. The summed E-state index contributed by atoms with van der Waals surface area (Å²) < 4.78 is 26.3. The van der Waals surface area contributed by atoms with Crippen molar-refractivity contribution in [1.29, 1.82) is 0 Å². The van der Waals surface area contributed by atoms with Crippen LogP contribution < -0.4 is 5.32 Å². The normalized spacial score (nSPS) is 18.9. The van der Waals surface area contributed by atoms with Gasteiger partial charge in [-0.1, -0.05) is 24.3 Å². The Labute approximate surface area is 122 Å². The molecule has 21 heavy (non-hydrogen) atoms. The number of aliphatic hydroxyl groups is 1. The smallest absolute Gasteiger partial charge is 0.123 e. The molecule has 0 aliphatic carbocycles. The van der Waals surface area contributed by atoms with Gasteiger partial charge in [0, 0.05) is 12.5 Å². The van der Waals surface area contributed by atoms with Crippen molar-refractivity contribution in [3.63, 3.8) is 0 Å². The molecule has 4 heteroatoms. The maximum Gasteiger partial charge on any atom is 0.123 e. The van der Waals surface area contributed by atoms with Gasteiger partial charge in [-0.25, -0.2) is 8.78 Å². The van der Waals surface area contributed by atoms with Crippen LogP contribution in [0.4, 0.5) is 8.78 Å². The van der Waals surface area contributed by atoms with Crippen LogP contribution >= 0.6 is 0 Å². The van der Waals surface area contributed by atoms with E-state index < -0.39 is 5.60 Å². The number of nitrogens with one attached hydrogen (secondary N) is 1. The molecule has 0 radical (unpaired) electrons. The van der Waals surface area contributed by atoms with Crippen molar-refractivity contribution in [2.75, 3.05) is 13.1 Å². The quantitative estimate of drug-likeness (QED) is 0.910. The number of rotatable bonds is 3. The summed E-state index contributed by atoms with van der Waals surface area (Å²) in [4.78, 5) is 0. The van der Waals surface area contributed by atoms with Crippen molar-refractivity contribution in [1.82, 2.24) is 5.32 Å². The minimum absolute atomic E-state index is 0.0339. The van der Waals surface area contributed by atoms with Gasteiger partial charge in [0.05, 0.1) is 0 Å². The van der Waals surface area contributed by atoms with Crippen LogP contribution in [0.2, 0.25) is 0 Å². The van der Waals surface area contributed by atoms with Crippen molar-refractivity contribution >= 4 is 0 Å². The van der Waals surface area contributed by atoms with E-state index in [4.69, 9.17) is 0 Å². The van der Waals surface area contributed by atoms with Crippen molar-refractivity contribution in [3.05, 3.63) is 71.3 Å². The summed E-state index contributed by atoms with van der Waals surface area (Å²) in [5.74, 6) is -0.720. The lowest BCUT2D eigenvalue weighted by Crippen LogP contribution is -2.37. The monoisotopic (exact) mass is 289 g/mol. The van der Waals surface area contributed by atoms with Gasteiger partial charge in [-0.05, 0) is 48.4 Å². The van der Waals surface area contributed by atoms with E-state index in [1.807, 2.05) is 0 Å². The lowest BCUT2D eigenvalue weighted by atomic mass is 9.75. The lowest BCUT2D eigenvalue weighted by molar-refractivity contribution is 0.0244. The Balaban J connectivity index is 2.09. The molecular formula is C17H17F2NO. The molecule has 0 bridgehead atoms. The van der Waals surface area contributed by atoms with Gasteiger partial charge in [0.25, 0.3) is 0 Å². The van der Waals surface area contributed by atoms with Gasteiger partial charge in [-0.15, -0.1) is 0 Å². The van der Waals surface area contributed by atoms with Crippen LogP contribution in [0.15, 0.2) is 48.5 Å². The molecule has 0 saturated carbocycles.